The lowest BCUT2D eigenvalue weighted by Crippen LogP contribution is -2.59. The molecular formula is C126H75B3N6O3. The molecule has 0 atom stereocenters. The molecule has 6 aliphatic rings. The molecule has 0 radical (unpaired) electrons. The van der Waals surface area contributed by atoms with E-state index in [-0.39, 0.29) is 20.5 Å². The second-order valence-electron chi connectivity index (χ2n) is 37.4. The molecule has 33 rings (SSSR count). The predicted octanol–water partition coefficient (Wildman–Crippen LogP) is 28.8. The average molecular weight is 1750 g/mol. The van der Waals surface area contributed by atoms with Crippen LogP contribution in [0, 0.1) is 0 Å². The van der Waals surface area contributed by atoms with E-state index in [4.69, 9.17) is 13.3 Å². The van der Waals surface area contributed by atoms with Gasteiger partial charge in [0, 0.05) is 172 Å². The van der Waals surface area contributed by atoms with Crippen molar-refractivity contribution in [3.05, 3.63) is 455 Å². The van der Waals surface area contributed by atoms with Gasteiger partial charge in [-0.25, -0.2) is 0 Å². The van der Waals surface area contributed by atoms with Gasteiger partial charge in [-0.2, -0.15) is 0 Å². The van der Waals surface area contributed by atoms with Crippen molar-refractivity contribution in [2.24, 2.45) is 0 Å². The Balaban J connectivity index is 0.0000000959. The molecule has 0 fully saturated rings. The van der Waals surface area contributed by atoms with Crippen LogP contribution < -0.4 is 47.2 Å². The number of hydrogen-bond donors (Lipinski definition) is 0. The number of hydrogen-bond acceptors (Lipinski definition) is 6. The summed E-state index contributed by atoms with van der Waals surface area (Å²) in [5, 5.41) is 14.3. The lowest BCUT2D eigenvalue weighted by molar-refractivity contribution is 0.669. The van der Waals surface area contributed by atoms with E-state index in [9.17, 15) is 0 Å². The summed E-state index contributed by atoms with van der Waals surface area (Å²) in [5.74, 6) is 0. The Labute approximate surface area is 793 Å². The maximum Gasteiger partial charge on any atom is 0.333 e. The Morgan fingerprint density at radius 3 is 0.971 bits per heavy atom. The minimum atomic E-state index is -0.0198. The third kappa shape index (κ3) is 10.5. The number of anilines is 6. The Kier molecular flexibility index (Phi) is 15.8. The molecule has 0 bridgehead atoms. The van der Waals surface area contributed by atoms with Crippen LogP contribution >= 0.6 is 0 Å². The number of rotatable bonds is 3. The quantitative estimate of drug-likeness (QED) is 0.164. The van der Waals surface area contributed by atoms with E-state index in [1.54, 1.807) is 0 Å². The normalized spacial score (nSPS) is 13.1. The van der Waals surface area contributed by atoms with Gasteiger partial charge in [0.1, 0.15) is 33.5 Å². The maximum absolute atomic E-state index is 7.05. The van der Waals surface area contributed by atoms with Gasteiger partial charge in [0.05, 0.1) is 33.1 Å². The zero-order valence-corrected chi connectivity index (χ0v) is 74.4. The first-order valence-electron chi connectivity index (χ1n) is 47.7. The van der Waals surface area contributed by atoms with Crippen LogP contribution in [-0.4, -0.2) is 34.2 Å². The summed E-state index contributed by atoms with van der Waals surface area (Å²) in [6.45, 7) is 0.0711. The number of furan rings is 3. The molecule has 6 aliphatic heterocycles. The summed E-state index contributed by atoms with van der Waals surface area (Å²) in [5.41, 5.74) is 46.3. The van der Waals surface area contributed by atoms with Gasteiger partial charge in [-0.1, -0.05) is 315 Å². The lowest BCUT2D eigenvalue weighted by Gasteiger charge is -2.43. The van der Waals surface area contributed by atoms with Crippen molar-refractivity contribution in [3.8, 4) is 83.8 Å². The molecule has 12 heterocycles. The molecule has 0 saturated carbocycles. The summed E-state index contributed by atoms with van der Waals surface area (Å²) < 4.78 is 27.9. The third-order valence-corrected chi connectivity index (χ3v) is 30.5. The van der Waals surface area contributed by atoms with E-state index in [0.29, 0.717) is 0 Å². The van der Waals surface area contributed by atoms with E-state index in [0.717, 1.165) is 93.9 Å². The molecule has 27 aromatic rings. The highest BCUT2D eigenvalue weighted by molar-refractivity contribution is 6.95. The lowest BCUT2D eigenvalue weighted by atomic mass is 9.43. The van der Waals surface area contributed by atoms with Crippen LogP contribution in [0.3, 0.4) is 0 Å². The SMILES string of the molecule is c1ccc(-n2c3ccccc3c3cc4c(cc32)oc2c3c(ccc24)B2c4ccccc4-c4ccccc4N2c2ccccc2-3)cc1.c1ccc(-n2c3ccccc3c3cc4c(cc32)oc2cc3c(cc24)B2c4ccccc4-c4ccccc4N2c2ccccc2-3)cc1.c1ccc(-n2c3ccccc3c3cc4oc5c6c(ccc5c4cc32)-c2ccccc2N2B6c3ccccc3-c3ccccc32)cc1. The van der Waals surface area contributed by atoms with E-state index >= 15 is 0 Å². The Morgan fingerprint density at radius 2 is 0.478 bits per heavy atom. The number of aromatic nitrogens is 3. The van der Waals surface area contributed by atoms with Crippen molar-refractivity contribution < 1.29 is 13.3 Å². The van der Waals surface area contributed by atoms with Crippen LogP contribution in [0.4, 0.5) is 34.1 Å². The molecule has 0 aliphatic carbocycles. The van der Waals surface area contributed by atoms with Crippen molar-refractivity contribution >= 4 is 219 Å². The summed E-state index contributed by atoms with van der Waals surface area (Å²) in [6.07, 6.45) is 0. The van der Waals surface area contributed by atoms with Crippen LogP contribution in [0.25, 0.3) is 215 Å². The molecule has 0 spiro atoms. The van der Waals surface area contributed by atoms with Crippen LogP contribution in [-0.2, 0) is 0 Å². The Hall–Kier alpha value is -18.0. The molecule has 0 N–H and O–H groups in total. The molecule has 636 valence electrons. The minimum absolute atomic E-state index is 0.0198. The Morgan fingerprint density at radius 1 is 0.159 bits per heavy atom. The molecule has 0 amide bonds. The summed E-state index contributed by atoms with van der Waals surface area (Å²) in [7, 11) is 0. The molecular weight excluding hydrogens is 1680 g/mol. The van der Waals surface area contributed by atoms with Gasteiger partial charge in [0.25, 0.3) is 0 Å². The average Bonchev–Trinajstić information content (AvgIpc) is 1.21. The highest BCUT2D eigenvalue weighted by Gasteiger charge is 2.48. The molecule has 9 nitrogen and oxygen atoms in total. The number of nitrogens with zero attached hydrogens (tertiary/aromatic N) is 6. The van der Waals surface area contributed by atoms with Crippen molar-refractivity contribution in [3.63, 3.8) is 0 Å². The van der Waals surface area contributed by atoms with E-state index in [2.05, 4.69) is 483 Å². The third-order valence-electron chi connectivity index (χ3n) is 30.5. The molecule has 0 saturated heterocycles. The summed E-state index contributed by atoms with van der Waals surface area (Å²) in [6, 6.07) is 165. The van der Waals surface area contributed by atoms with Crippen molar-refractivity contribution in [1.29, 1.82) is 0 Å². The number of benzene rings is 21. The zero-order chi connectivity index (χ0) is 89.8. The first kappa shape index (κ1) is 75.5. The fraction of sp³-hybridized carbons (Fsp3) is 0. The molecule has 138 heavy (non-hydrogen) atoms. The van der Waals surface area contributed by atoms with Gasteiger partial charge in [-0.3, -0.25) is 0 Å². The van der Waals surface area contributed by atoms with Gasteiger partial charge in [-0.15, -0.1) is 0 Å². The van der Waals surface area contributed by atoms with Gasteiger partial charge in [-0.05, 0) is 183 Å². The number of fused-ring (bicyclic) bond motifs is 53. The smallest absolute Gasteiger partial charge is 0.333 e. The topological polar surface area (TPSA) is 63.9 Å². The van der Waals surface area contributed by atoms with Crippen LogP contribution in [0.15, 0.2) is 468 Å². The predicted molar refractivity (Wildman–Crippen MR) is 578 cm³/mol. The Bertz CT molecular complexity index is 9910. The largest absolute Gasteiger partial charge is 0.456 e. The number of para-hydroxylation sites is 12. The zero-order valence-electron chi connectivity index (χ0n) is 74.4. The second kappa shape index (κ2) is 28.8. The highest BCUT2D eigenvalue weighted by Crippen LogP contribution is 2.54. The second-order valence-corrected chi connectivity index (χ2v) is 37.4. The molecule has 6 aromatic heterocycles. The van der Waals surface area contributed by atoms with Crippen molar-refractivity contribution in [1.82, 2.24) is 13.7 Å². The first-order valence-corrected chi connectivity index (χ1v) is 47.7. The van der Waals surface area contributed by atoms with Gasteiger partial charge < -0.3 is 41.4 Å². The molecule has 0 unspecified atom stereocenters. The fourth-order valence-corrected chi connectivity index (χ4v) is 24.9. The van der Waals surface area contributed by atoms with Gasteiger partial charge in [0.2, 0.25) is 0 Å². The van der Waals surface area contributed by atoms with Crippen molar-refractivity contribution in [2.75, 3.05) is 14.4 Å². The van der Waals surface area contributed by atoms with E-state index in [1.807, 2.05) is 0 Å². The maximum atomic E-state index is 7.05. The highest BCUT2D eigenvalue weighted by atomic mass is 16.3. The van der Waals surface area contributed by atoms with Crippen molar-refractivity contribution in [2.45, 2.75) is 0 Å². The summed E-state index contributed by atoms with van der Waals surface area (Å²) in [4.78, 5) is 7.62. The fourth-order valence-electron chi connectivity index (χ4n) is 24.9. The van der Waals surface area contributed by atoms with Crippen LogP contribution in [0.5, 0.6) is 0 Å². The summed E-state index contributed by atoms with van der Waals surface area (Å²) >= 11 is 0. The monoisotopic (exact) mass is 1750 g/mol. The van der Waals surface area contributed by atoms with E-state index < -0.39 is 0 Å². The standard InChI is InChI=1S/3C42H25BN2O/c1-2-12-26(13-3-1)44-37-19-9-5-17-30(37)32-22-33-34-23-36-31(24-41(34)46-42(33)25-40(32)44)29-16-7-11-21-39(29)45-38-20-10-6-15-28(38)27-14-4-8-18-35(27)43(36)45;1-2-12-26(13-3-1)44-36-19-9-5-17-30(36)33-25-40-34(24-39(33)44)32-23-22-31-29-16-7-11-21-38(29)45-37-20-10-6-15-28(37)27-14-4-8-18-35(27)43(45)41(31)42(32)46-40;1-2-12-26(13-3-1)44-36-19-9-5-16-29(36)32-24-33-30-22-23-35-41(42(30)46-40(33)25-39(32)44)31-17-7-11-21-38(31)45-37-20-10-6-15-28(37)27-14-4-8-18-34(27)43(35)45/h3*1-25H. The minimum Gasteiger partial charge on any atom is -0.456 e. The van der Waals surface area contributed by atoms with Crippen LogP contribution in [0.2, 0.25) is 0 Å². The first-order chi connectivity index (χ1) is 68.5. The molecule has 21 aromatic carbocycles. The van der Waals surface area contributed by atoms with Gasteiger partial charge >= 0.3 is 20.5 Å². The van der Waals surface area contributed by atoms with Crippen LogP contribution in [0.1, 0.15) is 0 Å². The van der Waals surface area contributed by atoms with Gasteiger partial charge in [0.15, 0.2) is 0 Å². The molecule has 12 heteroatoms. The van der Waals surface area contributed by atoms with E-state index in [1.165, 1.54) is 188 Å².